The Morgan fingerprint density at radius 3 is 2.60 bits per heavy atom. The highest BCUT2D eigenvalue weighted by Crippen LogP contribution is 2.17. The van der Waals surface area contributed by atoms with Gasteiger partial charge in [0.25, 0.3) is 0 Å². The van der Waals surface area contributed by atoms with E-state index >= 15 is 0 Å². The smallest absolute Gasteiger partial charge is 0.240 e. The number of hydrogen-bond donors (Lipinski definition) is 3. The van der Waals surface area contributed by atoms with E-state index in [1.165, 1.54) is 31.4 Å². The van der Waals surface area contributed by atoms with Crippen LogP contribution >= 0.6 is 35.6 Å². The molecule has 0 spiro atoms. The molecule has 1 saturated carbocycles. The third kappa shape index (κ3) is 7.67. The van der Waals surface area contributed by atoms with Gasteiger partial charge in [0.2, 0.25) is 10.0 Å². The molecule has 0 amide bonds. The minimum atomic E-state index is -3.55. The molecule has 0 bridgehead atoms. The van der Waals surface area contributed by atoms with Crippen LogP contribution in [0.2, 0.25) is 5.02 Å². The minimum Gasteiger partial charge on any atom is -0.355 e. The second-order valence-corrected chi connectivity index (χ2v) is 8.04. The summed E-state index contributed by atoms with van der Waals surface area (Å²) in [5.74, 6) is 0.712. The highest BCUT2D eigenvalue weighted by molar-refractivity contribution is 14.0. The van der Waals surface area contributed by atoms with E-state index in [4.69, 9.17) is 11.6 Å². The van der Waals surface area contributed by atoms with Gasteiger partial charge in [-0.3, -0.25) is 4.99 Å². The standard InChI is InChI=1S/C16H25ClN4O2S.HI/c1-18-16(21-14-7-3-2-4-8-14)19-10-11-20-24(22,23)15-9-5-6-13(17)12-15;/h5-6,9,12,14,20H,2-4,7-8,10-11H2,1H3,(H2,18,19,21);1H. The van der Waals surface area contributed by atoms with Gasteiger partial charge in [-0.15, -0.1) is 24.0 Å². The zero-order valence-corrected chi connectivity index (χ0v) is 18.2. The Hall–Kier alpha value is -0.580. The number of guanidine groups is 1. The summed E-state index contributed by atoms with van der Waals surface area (Å²) >= 11 is 5.84. The van der Waals surface area contributed by atoms with E-state index in [0.717, 1.165) is 12.8 Å². The number of rotatable bonds is 6. The van der Waals surface area contributed by atoms with Gasteiger partial charge in [0.05, 0.1) is 4.90 Å². The number of benzene rings is 1. The van der Waals surface area contributed by atoms with Crippen molar-refractivity contribution in [2.24, 2.45) is 4.99 Å². The number of hydrogen-bond acceptors (Lipinski definition) is 3. The highest BCUT2D eigenvalue weighted by Gasteiger charge is 2.15. The maximum absolute atomic E-state index is 12.2. The van der Waals surface area contributed by atoms with Crippen LogP contribution in [0.15, 0.2) is 34.2 Å². The van der Waals surface area contributed by atoms with Crippen LogP contribution in [-0.2, 0) is 10.0 Å². The van der Waals surface area contributed by atoms with Gasteiger partial charge in [0.15, 0.2) is 5.96 Å². The zero-order chi connectivity index (χ0) is 17.4. The van der Waals surface area contributed by atoms with E-state index in [1.807, 2.05) is 0 Å². The molecule has 1 aliphatic rings. The lowest BCUT2D eigenvalue weighted by Gasteiger charge is -2.24. The number of sulfonamides is 1. The Morgan fingerprint density at radius 2 is 1.96 bits per heavy atom. The first kappa shape index (κ1) is 22.5. The summed E-state index contributed by atoms with van der Waals surface area (Å²) in [4.78, 5) is 4.35. The maximum atomic E-state index is 12.2. The number of halogens is 2. The number of nitrogens with zero attached hydrogens (tertiary/aromatic N) is 1. The summed E-state index contributed by atoms with van der Waals surface area (Å²) in [6.07, 6.45) is 6.10. The fourth-order valence-corrected chi connectivity index (χ4v) is 4.05. The first-order chi connectivity index (χ1) is 11.5. The van der Waals surface area contributed by atoms with E-state index in [0.29, 0.717) is 23.6 Å². The maximum Gasteiger partial charge on any atom is 0.240 e. The van der Waals surface area contributed by atoms with Gasteiger partial charge >= 0.3 is 0 Å². The second-order valence-electron chi connectivity index (χ2n) is 5.83. The summed E-state index contributed by atoms with van der Waals surface area (Å²) in [6.45, 7) is 0.715. The molecular formula is C16H26ClIN4O2S. The molecule has 1 fully saturated rings. The lowest BCUT2D eigenvalue weighted by molar-refractivity contribution is 0.410. The van der Waals surface area contributed by atoms with Crippen LogP contribution in [-0.4, -0.2) is 40.6 Å². The zero-order valence-electron chi connectivity index (χ0n) is 14.3. The van der Waals surface area contributed by atoms with Crippen LogP contribution in [0, 0.1) is 0 Å². The average Bonchev–Trinajstić information content (AvgIpc) is 2.58. The highest BCUT2D eigenvalue weighted by atomic mass is 127. The van der Waals surface area contributed by atoms with Crippen molar-refractivity contribution in [3.63, 3.8) is 0 Å². The fourth-order valence-electron chi connectivity index (χ4n) is 2.72. The monoisotopic (exact) mass is 500 g/mol. The Kier molecular flexibility index (Phi) is 10.1. The van der Waals surface area contributed by atoms with Gasteiger partial charge in [-0.05, 0) is 31.0 Å². The van der Waals surface area contributed by atoms with Crippen molar-refractivity contribution < 1.29 is 8.42 Å². The van der Waals surface area contributed by atoms with Crippen LogP contribution in [0.3, 0.4) is 0 Å². The van der Waals surface area contributed by atoms with Crippen molar-refractivity contribution in [3.8, 4) is 0 Å². The predicted octanol–water partition coefficient (Wildman–Crippen LogP) is 2.73. The first-order valence-electron chi connectivity index (χ1n) is 8.24. The molecule has 3 N–H and O–H groups in total. The lowest BCUT2D eigenvalue weighted by atomic mass is 9.96. The molecule has 1 aromatic carbocycles. The van der Waals surface area contributed by atoms with Crippen molar-refractivity contribution in [1.29, 1.82) is 0 Å². The molecule has 0 atom stereocenters. The Bertz CT molecular complexity index is 664. The summed E-state index contributed by atoms with van der Waals surface area (Å²) in [5, 5.41) is 6.92. The molecule has 2 rings (SSSR count). The van der Waals surface area contributed by atoms with Crippen molar-refractivity contribution in [1.82, 2.24) is 15.4 Å². The van der Waals surface area contributed by atoms with Crippen LogP contribution in [0.25, 0.3) is 0 Å². The largest absolute Gasteiger partial charge is 0.355 e. The van der Waals surface area contributed by atoms with Crippen molar-refractivity contribution in [2.45, 2.75) is 43.0 Å². The average molecular weight is 501 g/mol. The topological polar surface area (TPSA) is 82.6 Å². The molecule has 0 saturated heterocycles. The molecule has 1 aromatic rings. The van der Waals surface area contributed by atoms with Crippen LogP contribution in [0.5, 0.6) is 0 Å². The molecular weight excluding hydrogens is 475 g/mol. The van der Waals surface area contributed by atoms with Crippen LogP contribution in [0.4, 0.5) is 0 Å². The first-order valence-corrected chi connectivity index (χ1v) is 10.1. The Morgan fingerprint density at radius 1 is 1.24 bits per heavy atom. The Labute approximate surface area is 172 Å². The van der Waals surface area contributed by atoms with Crippen LogP contribution in [0.1, 0.15) is 32.1 Å². The molecule has 9 heteroatoms. The predicted molar refractivity (Wildman–Crippen MR) is 113 cm³/mol. The SMILES string of the molecule is CN=C(NCCNS(=O)(=O)c1cccc(Cl)c1)NC1CCCCC1.I. The summed E-state index contributed by atoms with van der Waals surface area (Å²) in [6, 6.07) is 6.66. The fraction of sp³-hybridized carbons (Fsp3) is 0.562. The second kappa shape index (κ2) is 11.2. The van der Waals surface area contributed by atoms with Gasteiger partial charge in [0.1, 0.15) is 0 Å². The number of nitrogens with one attached hydrogen (secondary N) is 3. The molecule has 0 aromatic heterocycles. The molecule has 142 valence electrons. The van der Waals surface area contributed by atoms with Gasteiger partial charge in [-0.2, -0.15) is 0 Å². The van der Waals surface area contributed by atoms with Gasteiger partial charge in [0, 0.05) is 31.2 Å². The molecule has 6 nitrogen and oxygen atoms in total. The quantitative estimate of drug-likeness (QED) is 0.243. The number of aliphatic imine (C=N–C) groups is 1. The molecule has 0 radical (unpaired) electrons. The third-order valence-corrected chi connectivity index (χ3v) is 5.68. The Balaban J connectivity index is 0.00000312. The summed E-state index contributed by atoms with van der Waals surface area (Å²) < 4.78 is 26.9. The van der Waals surface area contributed by atoms with Gasteiger partial charge < -0.3 is 10.6 Å². The van der Waals surface area contributed by atoms with Crippen molar-refractivity contribution in [2.75, 3.05) is 20.1 Å². The van der Waals surface area contributed by atoms with E-state index < -0.39 is 10.0 Å². The van der Waals surface area contributed by atoms with Crippen molar-refractivity contribution >= 4 is 51.6 Å². The normalized spacial score (nSPS) is 16.2. The lowest BCUT2D eigenvalue weighted by Crippen LogP contribution is -2.46. The van der Waals surface area contributed by atoms with E-state index in [9.17, 15) is 8.42 Å². The summed E-state index contributed by atoms with van der Waals surface area (Å²) in [5.41, 5.74) is 0. The summed E-state index contributed by atoms with van der Waals surface area (Å²) in [7, 11) is -1.83. The van der Waals surface area contributed by atoms with E-state index in [1.54, 1.807) is 19.2 Å². The van der Waals surface area contributed by atoms with Crippen molar-refractivity contribution in [3.05, 3.63) is 29.3 Å². The minimum absolute atomic E-state index is 0. The molecule has 25 heavy (non-hydrogen) atoms. The molecule has 1 aliphatic carbocycles. The molecule has 0 unspecified atom stereocenters. The van der Waals surface area contributed by atoms with Crippen LogP contribution < -0.4 is 15.4 Å². The van der Waals surface area contributed by atoms with Gasteiger partial charge in [-0.25, -0.2) is 13.1 Å². The third-order valence-electron chi connectivity index (χ3n) is 3.99. The van der Waals surface area contributed by atoms with Gasteiger partial charge in [-0.1, -0.05) is 36.9 Å². The van der Waals surface area contributed by atoms with E-state index in [-0.39, 0.29) is 35.4 Å². The molecule has 0 aliphatic heterocycles. The van der Waals surface area contributed by atoms with E-state index in [2.05, 4.69) is 20.3 Å². The molecule has 0 heterocycles.